The van der Waals surface area contributed by atoms with Gasteiger partial charge in [-0.25, -0.2) is 4.98 Å². The number of hydrogen-bond donors (Lipinski definition) is 0. The van der Waals surface area contributed by atoms with Gasteiger partial charge in [-0.2, -0.15) is 0 Å². The predicted molar refractivity (Wildman–Crippen MR) is 189 cm³/mol. The molecular weight excluding hydrogens is 763 g/mol. The second-order valence-corrected chi connectivity index (χ2v) is 15.0. The minimum absolute atomic E-state index is 0. The first-order chi connectivity index (χ1) is 21.4. The third-order valence-electron chi connectivity index (χ3n) is 7.69. The van der Waals surface area contributed by atoms with Crippen molar-refractivity contribution in [2.24, 2.45) is 5.41 Å². The zero-order valence-electron chi connectivity index (χ0n) is 27.7. The molecular formula is C40H39IrN3OS-2. The minimum Gasteiger partial charge on any atom is -0.498 e. The van der Waals surface area contributed by atoms with Crippen LogP contribution in [0.2, 0.25) is 0 Å². The Morgan fingerprint density at radius 3 is 2.22 bits per heavy atom. The third-order valence-corrected chi connectivity index (χ3v) is 9.13. The maximum Gasteiger partial charge on any atom is 0.148 e. The summed E-state index contributed by atoms with van der Waals surface area (Å²) < 4.78 is 7.68. The first-order valence-corrected chi connectivity index (χ1v) is 16.2. The van der Waals surface area contributed by atoms with E-state index in [0.717, 1.165) is 66.1 Å². The van der Waals surface area contributed by atoms with Crippen LogP contribution in [0.25, 0.3) is 54.7 Å². The van der Waals surface area contributed by atoms with Gasteiger partial charge in [-0.3, -0.25) is 0 Å². The van der Waals surface area contributed by atoms with Gasteiger partial charge in [-0.15, -0.1) is 65.4 Å². The summed E-state index contributed by atoms with van der Waals surface area (Å²) in [6.45, 7) is 17.6. The number of furan rings is 1. The van der Waals surface area contributed by atoms with Crippen molar-refractivity contribution >= 4 is 43.5 Å². The van der Waals surface area contributed by atoms with Gasteiger partial charge in [0, 0.05) is 43.3 Å². The van der Waals surface area contributed by atoms with Crippen LogP contribution in [-0.4, -0.2) is 15.0 Å². The summed E-state index contributed by atoms with van der Waals surface area (Å²) in [5.41, 5.74) is 10.4. The second kappa shape index (κ2) is 13.2. The first kappa shape index (κ1) is 33.7. The summed E-state index contributed by atoms with van der Waals surface area (Å²) in [4.78, 5) is 14.0. The Hall–Kier alpha value is -3.70. The molecule has 0 saturated carbocycles. The molecule has 3 aromatic carbocycles. The largest absolute Gasteiger partial charge is 0.498 e. The Balaban J connectivity index is 0.000000250. The molecule has 0 aliphatic heterocycles. The standard InChI is InChI=1S/C28H29N2OS.C12H10N.Ir/c1-16-15-29-21(13-17(16)14-27(2,3)4)20-10-8-9-18-19-11-12-22-23(25(19)31-24(18)20)30-26(32-22)28(5,6)7;1-10-7-8-12(13-9-10)11-5-3-2-4-6-11;/h8-9,11-13,15H,14H2,1-7H3;2-5,7-9H,1H3;/q2*-1;. The van der Waals surface area contributed by atoms with Gasteiger partial charge in [0.15, 0.2) is 0 Å². The van der Waals surface area contributed by atoms with Crippen molar-refractivity contribution in [1.29, 1.82) is 0 Å². The van der Waals surface area contributed by atoms with E-state index in [-0.39, 0.29) is 30.9 Å². The van der Waals surface area contributed by atoms with Crippen molar-refractivity contribution in [2.45, 2.75) is 67.2 Å². The van der Waals surface area contributed by atoms with Gasteiger partial charge in [0.2, 0.25) is 0 Å². The van der Waals surface area contributed by atoms with E-state index in [1.165, 1.54) is 16.7 Å². The van der Waals surface area contributed by atoms with E-state index >= 15 is 0 Å². The topological polar surface area (TPSA) is 51.8 Å². The van der Waals surface area contributed by atoms with E-state index in [2.05, 4.69) is 95.9 Å². The van der Waals surface area contributed by atoms with Crippen molar-refractivity contribution in [1.82, 2.24) is 15.0 Å². The molecule has 4 aromatic heterocycles. The molecule has 0 amide bonds. The molecule has 6 heteroatoms. The number of benzene rings is 3. The normalized spacial score (nSPS) is 11.8. The molecule has 0 aliphatic rings. The van der Waals surface area contributed by atoms with Crippen LogP contribution in [-0.2, 0) is 31.9 Å². The van der Waals surface area contributed by atoms with Crippen LogP contribution in [0.4, 0.5) is 0 Å². The van der Waals surface area contributed by atoms with Gasteiger partial charge in [0.25, 0.3) is 0 Å². The molecule has 7 rings (SSSR count). The van der Waals surface area contributed by atoms with Crippen molar-refractivity contribution in [3.8, 4) is 22.5 Å². The Bertz CT molecular complexity index is 2120. The van der Waals surface area contributed by atoms with Crippen molar-refractivity contribution in [3.05, 3.63) is 113 Å². The summed E-state index contributed by atoms with van der Waals surface area (Å²) in [6.07, 6.45) is 4.84. The van der Waals surface area contributed by atoms with E-state index in [1.807, 2.05) is 55.7 Å². The molecule has 0 saturated heterocycles. The number of hydrogen-bond acceptors (Lipinski definition) is 5. The van der Waals surface area contributed by atoms with Crippen molar-refractivity contribution in [2.75, 3.05) is 0 Å². The van der Waals surface area contributed by atoms with E-state index < -0.39 is 0 Å². The third kappa shape index (κ3) is 7.15. The zero-order valence-corrected chi connectivity index (χ0v) is 30.9. The molecule has 46 heavy (non-hydrogen) atoms. The smallest absolute Gasteiger partial charge is 0.148 e. The van der Waals surface area contributed by atoms with Crippen LogP contribution in [0.15, 0.2) is 83.5 Å². The van der Waals surface area contributed by atoms with Crippen LogP contribution in [0, 0.1) is 31.4 Å². The van der Waals surface area contributed by atoms with Crippen LogP contribution in [0.1, 0.15) is 63.2 Å². The summed E-state index contributed by atoms with van der Waals surface area (Å²) in [5.74, 6) is 0. The number of rotatable bonds is 3. The van der Waals surface area contributed by atoms with Crippen LogP contribution >= 0.6 is 11.3 Å². The number of aromatic nitrogens is 3. The Morgan fingerprint density at radius 2 is 1.54 bits per heavy atom. The maximum absolute atomic E-state index is 6.52. The Morgan fingerprint density at radius 1 is 0.783 bits per heavy atom. The van der Waals surface area contributed by atoms with Crippen LogP contribution in [0.3, 0.4) is 0 Å². The molecule has 0 aliphatic carbocycles. The molecule has 4 heterocycles. The fraction of sp³-hybridized carbons (Fsp3) is 0.275. The average Bonchev–Trinajstić information content (AvgIpc) is 3.61. The molecule has 1 radical (unpaired) electrons. The Kier molecular flexibility index (Phi) is 9.65. The van der Waals surface area contributed by atoms with Crippen molar-refractivity contribution in [3.63, 3.8) is 0 Å². The molecule has 237 valence electrons. The second-order valence-electron chi connectivity index (χ2n) is 14.0. The number of nitrogens with zero attached hydrogens (tertiary/aromatic N) is 3. The number of fused-ring (bicyclic) bond motifs is 5. The summed E-state index contributed by atoms with van der Waals surface area (Å²) in [5, 5.41) is 3.30. The molecule has 0 unspecified atom stereocenters. The zero-order chi connectivity index (χ0) is 31.9. The van der Waals surface area contributed by atoms with E-state index in [1.54, 1.807) is 11.3 Å². The quantitative estimate of drug-likeness (QED) is 0.167. The van der Waals surface area contributed by atoms with Crippen LogP contribution in [0.5, 0.6) is 0 Å². The molecule has 0 atom stereocenters. The molecule has 0 bridgehead atoms. The van der Waals surface area contributed by atoms with Gasteiger partial charge in [-0.05, 0) is 54.3 Å². The van der Waals surface area contributed by atoms with Gasteiger partial charge in [0.1, 0.15) is 11.1 Å². The van der Waals surface area contributed by atoms with E-state index in [0.29, 0.717) is 0 Å². The van der Waals surface area contributed by atoms with Crippen LogP contribution < -0.4 is 0 Å². The summed E-state index contributed by atoms with van der Waals surface area (Å²) in [6, 6.07) is 29.1. The molecule has 0 spiro atoms. The number of aryl methyl sites for hydroxylation is 2. The van der Waals surface area contributed by atoms with Gasteiger partial charge in [-0.1, -0.05) is 82.3 Å². The predicted octanol–water partition coefficient (Wildman–Crippen LogP) is 11.1. The molecule has 7 aromatic rings. The van der Waals surface area contributed by atoms with E-state index in [9.17, 15) is 0 Å². The summed E-state index contributed by atoms with van der Waals surface area (Å²) in [7, 11) is 0. The average molecular weight is 802 g/mol. The fourth-order valence-corrected chi connectivity index (χ4v) is 6.37. The molecule has 0 fully saturated rings. The number of thiazole rings is 1. The monoisotopic (exact) mass is 802 g/mol. The molecule has 0 N–H and O–H groups in total. The summed E-state index contributed by atoms with van der Waals surface area (Å²) >= 11 is 1.75. The molecule has 4 nitrogen and oxygen atoms in total. The van der Waals surface area contributed by atoms with E-state index in [4.69, 9.17) is 14.4 Å². The van der Waals surface area contributed by atoms with Gasteiger partial charge < -0.3 is 14.4 Å². The van der Waals surface area contributed by atoms with Gasteiger partial charge >= 0.3 is 0 Å². The number of pyridine rings is 2. The first-order valence-electron chi connectivity index (χ1n) is 15.4. The SMILES string of the molecule is Cc1ccc(-c2[c-]cccc2)nc1.Cc1cnc(-c2[c-]ccc3c2oc2c3ccc3sc(C(C)(C)C)nc32)cc1CC(C)(C)C.[Ir]. The van der Waals surface area contributed by atoms with Crippen molar-refractivity contribution < 1.29 is 24.5 Å². The maximum atomic E-state index is 6.52. The Labute approximate surface area is 289 Å². The fourth-order valence-electron chi connectivity index (χ4n) is 5.34. The minimum atomic E-state index is 0. The van der Waals surface area contributed by atoms with Gasteiger partial charge in [0.05, 0.1) is 15.3 Å².